The van der Waals surface area contributed by atoms with Crippen LogP contribution in [0.15, 0.2) is 36.5 Å². The van der Waals surface area contributed by atoms with Crippen molar-refractivity contribution in [2.75, 3.05) is 6.54 Å². The molecule has 0 spiro atoms. The second-order valence-corrected chi connectivity index (χ2v) is 5.12. The molecule has 1 aromatic heterocycles. The number of carbonyl (C=O) groups is 1. The summed E-state index contributed by atoms with van der Waals surface area (Å²) in [7, 11) is 0. The Morgan fingerprint density at radius 1 is 1.25 bits per heavy atom. The largest absolute Gasteiger partial charge is 0.508 e. The zero-order valence-corrected chi connectivity index (χ0v) is 11.3. The maximum Gasteiger partial charge on any atom is 0.254 e. The Bertz CT molecular complexity index is 667. The van der Waals surface area contributed by atoms with Crippen molar-refractivity contribution in [2.24, 2.45) is 0 Å². The van der Waals surface area contributed by atoms with E-state index in [-0.39, 0.29) is 11.7 Å². The van der Waals surface area contributed by atoms with Crippen molar-refractivity contribution in [1.82, 2.24) is 9.88 Å². The van der Waals surface area contributed by atoms with Crippen LogP contribution in [0, 0.1) is 6.92 Å². The highest BCUT2D eigenvalue weighted by Crippen LogP contribution is 2.24. The zero-order chi connectivity index (χ0) is 14.1. The third-order valence-corrected chi connectivity index (χ3v) is 3.63. The molecule has 2 aromatic rings. The van der Waals surface area contributed by atoms with Gasteiger partial charge in [-0.15, -0.1) is 0 Å². The average Bonchev–Trinajstić information content (AvgIpc) is 2.45. The van der Waals surface area contributed by atoms with E-state index in [0.29, 0.717) is 18.7 Å². The first-order valence-electron chi connectivity index (χ1n) is 6.66. The minimum atomic E-state index is 0.0180. The van der Waals surface area contributed by atoms with Crippen molar-refractivity contribution in [3.8, 4) is 5.75 Å². The topological polar surface area (TPSA) is 53.4 Å². The average molecular weight is 268 g/mol. The number of benzene rings is 1. The van der Waals surface area contributed by atoms with E-state index < -0.39 is 0 Å². The molecule has 1 aromatic carbocycles. The van der Waals surface area contributed by atoms with Crippen molar-refractivity contribution in [1.29, 1.82) is 0 Å². The van der Waals surface area contributed by atoms with E-state index in [9.17, 15) is 9.90 Å². The highest BCUT2D eigenvalue weighted by molar-refractivity contribution is 5.94. The normalized spacial score (nSPS) is 13.9. The Balaban J connectivity index is 1.84. The van der Waals surface area contributed by atoms with E-state index in [1.54, 1.807) is 30.5 Å². The first-order valence-corrected chi connectivity index (χ1v) is 6.66. The number of phenolic OH excluding ortho intramolecular Hbond substituents is 1. The summed E-state index contributed by atoms with van der Waals surface area (Å²) in [6.45, 7) is 3.13. The molecule has 1 aliphatic heterocycles. The van der Waals surface area contributed by atoms with Gasteiger partial charge in [-0.2, -0.15) is 0 Å². The summed E-state index contributed by atoms with van der Waals surface area (Å²) in [5, 5.41) is 9.55. The number of phenols is 1. The van der Waals surface area contributed by atoms with Gasteiger partial charge in [0.2, 0.25) is 0 Å². The number of fused-ring (bicyclic) bond motifs is 1. The lowest BCUT2D eigenvalue weighted by atomic mass is 9.99. The number of nitrogens with zero attached hydrogens (tertiary/aromatic N) is 2. The molecule has 4 heteroatoms. The number of hydrogen-bond donors (Lipinski definition) is 1. The zero-order valence-electron chi connectivity index (χ0n) is 11.3. The summed E-state index contributed by atoms with van der Waals surface area (Å²) in [5.74, 6) is 0.266. The van der Waals surface area contributed by atoms with E-state index >= 15 is 0 Å². The smallest absolute Gasteiger partial charge is 0.254 e. The molecular weight excluding hydrogens is 252 g/mol. The Hall–Kier alpha value is -2.36. The highest BCUT2D eigenvalue weighted by Gasteiger charge is 2.22. The van der Waals surface area contributed by atoms with Gasteiger partial charge in [0.1, 0.15) is 5.75 Å². The maximum absolute atomic E-state index is 12.5. The number of pyridine rings is 1. The molecule has 1 N–H and O–H groups in total. The van der Waals surface area contributed by atoms with Gasteiger partial charge >= 0.3 is 0 Å². The number of carbonyl (C=O) groups excluding carboxylic acids is 1. The van der Waals surface area contributed by atoms with Crippen LogP contribution in [0.4, 0.5) is 0 Å². The molecule has 0 bridgehead atoms. The molecule has 0 fully saturated rings. The molecule has 0 radical (unpaired) electrons. The van der Waals surface area contributed by atoms with Crippen LogP contribution < -0.4 is 0 Å². The summed E-state index contributed by atoms with van der Waals surface area (Å²) in [6, 6.07) is 8.92. The lowest BCUT2D eigenvalue weighted by Crippen LogP contribution is -2.35. The van der Waals surface area contributed by atoms with Crippen molar-refractivity contribution in [2.45, 2.75) is 19.9 Å². The lowest BCUT2D eigenvalue weighted by Gasteiger charge is -2.29. The number of amides is 1. The molecule has 4 nitrogen and oxygen atoms in total. The van der Waals surface area contributed by atoms with Gasteiger partial charge in [0.25, 0.3) is 5.91 Å². The van der Waals surface area contributed by atoms with Crippen molar-refractivity contribution >= 4 is 5.91 Å². The van der Waals surface area contributed by atoms with Crippen LogP contribution in [0.25, 0.3) is 0 Å². The minimum absolute atomic E-state index is 0.0180. The third-order valence-electron chi connectivity index (χ3n) is 3.63. The number of hydrogen-bond acceptors (Lipinski definition) is 3. The predicted octanol–water partition coefficient (Wildman–Crippen LogP) is 2.29. The van der Waals surface area contributed by atoms with Crippen LogP contribution in [0.2, 0.25) is 0 Å². The Morgan fingerprint density at radius 2 is 2.10 bits per heavy atom. The van der Waals surface area contributed by atoms with Crippen LogP contribution in [-0.4, -0.2) is 27.4 Å². The van der Waals surface area contributed by atoms with Crippen LogP contribution >= 0.6 is 0 Å². The molecule has 1 amide bonds. The Labute approximate surface area is 117 Å². The van der Waals surface area contributed by atoms with E-state index in [4.69, 9.17) is 0 Å². The number of aryl methyl sites for hydroxylation is 1. The quantitative estimate of drug-likeness (QED) is 0.863. The highest BCUT2D eigenvalue weighted by atomic mass is 16.3. The molecule has 0 unspecified atom stereocenters. The summed E-state index contributed by atoms with van der Waals surface area (Å²) in [5.41, 5.74) is 3.74. The fourth-order valence-corrected chi connectivity index (χ4v) is 2.58. The van der Waals surface area contributed by atoms with Gasteiger partial charge in [-0.25, -0.2) is 0 Å². The van der Waals surface area contributed by atoms with Gasteiger partial charge in [-0.1, -0.05) is 6.07 Å². The number of aromatic hydroxyl groups is 1. The monoisotopic (exact) mass is 268 g/mol. The summed E-state index contributed by atoms with van der Waals surface area (Å²) < 4.78 is 0. The van der Waals surface area contributed by atoms with Crippen molar-refractivity contribution in [3.05, 3.63) is 58.9 Å². The van der Waals surface area contributed by atoms with Crippen LogP contribution in [0.3, 0.4) is 0 Å². The van der Waals surface area contributed by atoms with Gasteiger partial charge < -0.3 is 10.0 Å². The SMILES string of the molecule is Cc1cc(C(=O)N2CCc3ccc(O)cc3C2)ccn1. The van der Waals surface area contributed by atoms with Gasteiger partial charge in [0.05, 0.1) is 0 Å². The summed E-state index contributed by atoms with van der Waals surface area (Å²) in [6.07, 6.45) is 2.48. The third kappa shape index (κ3) is 2.37. The maximum atomic E-state index is 12.5. The van der Waals surface area contributed by atoms with E-state index in [1.807, 2.05) is 17.9 Å². The van der Waals surface area contributed by atoms with Gasteiger partial charge in [-0.3, -0.25) is 9.78 Å². The van der Waals surface area contributed by atoms with E-state index in [2.05, 4.69) is 4.98 Å². The second kappa shape index (κ2) is 4.96. The standard InChI is InChI=1S/C16H16N2O2/c1-11-8-13(4-6-17-11)16(20)18-7-5-12-2-3-15(19)9-14(12)10-18/h2-4,6,8-9,19H,5,7,10H2,1H3. The van der Waals surface area contributed by atoms with Gasteiger partial charge in [0, 0.05) is 30.5 Å². The molecule has 20 heavy (non-hydrogen) atoms. The first-order chi connectivity index (χ1) is 9.63. The molecule has 0 aliphatic carbocycles. The van der Waals surface area contributed by atoms with E-state index in [0.717, 1.165) is 17.7 Å². The van der Waals surface area contributed by atoms with Crippen LogP contribution in [-0.2, 0) is 13.0 Å². The molecule has 1 aliphatic rings. The van der Waals surface area contributed by atoms with Gasteiger partial charge in [-0.05, 0) is 48.7 Å². The fourth-order valence-electron chi connectivity index (χ4n) is 2.58. The molecule has 2 heterocycles. The minimum Gasteiger partial charge on any atom is -0.508 e. The van der Waals surface area contributed by atoms with Gasteiger partial charge in [0.15, 0.2) is 0 Å². The fraction of sp³-hybridized carbons (Fsp3) is 0.250. The second-order valence-electron chi connectivity index (χ2n) is 5.12. The molecule has 102 valence electrons. The van der Waals surface area contributed by atoms with E-state index in [1.165, 1.54) is 5.56 Å². The molecule has 0 saturated carbocycles. The number of rotatable bonds is 1. The number of aromatic nitrogens is 1. The Kier molecular flexibility index (Phi) is 3.14. The summed E-state index contributed by atoms with van der Waals surface area (Å²) in [4.78, 5) is 18.4. The molecule has 0 saturated heterocycles. The van der Waals surface area contributed by atoms with Crippen LogP contribution in [0.5, 0.6) is 5.75 Å². The lowest BCUT2D eigenvalue weighted by molar-refractivity contribution is 0.0734. The molecule has 0 atom stereocenters. The summed E-state index contributed by atoms with van der Waals surface area (Å²) >= 11 is 0. The molecular formula is C16H16N2O2. The predicted molar refractivity (Wildman–Crippen MR) is 75.5 cm³/mol. The Morgan fingerprint density at radius 3 is 2.90 bits per heavy atom. The molecule has 3 rings (SSSR count). The first kappa shape index (κ1) is 12.7. The van der Waals surface area contributed by atoms with Crippen molar-refractivity contribution < 1.29 is 9.90 Å². The van der Waals surface area contributed by atoms with Crippen molar-refractivity contribution in [3.63, 3.8) is 0 Å². The van der Waals surface area contributed by atoms with Crippen LogP contribution in [0.1, 0.15) is 27.2 Å².